The van der Waals surface area contributed by atoms with Crippen molar-refractivity contribution in [1.82, 2.24) is 4.98 Å². The largest absolute Gasteiger partial charge is 0.286 e. The number of hydrogen-bond donors (Lipinski definition) is 0. The Labute approximate surface area is 114 Å². The van der Waals surface area contributed by atoms with Crippen LogP contribution >= 0.6 is 0 Å². The van der Waals surface area contributed by atoms with E-state index in [0.717, 1.165) is 17.0 Å². The molecule has 2 nitrogen and oxygen atoms in total. The van der Waals surface area contributed by atoms with Gasteiger partial charge in [0.1, 0.15) is 0 Å². The van der Waals surface area contributed by atoms with Crippen LogP contribution in [0.3, 0.4) is 0 Å². The van der Waals surface area contributed by atoms with Crippen LogP contribution < -0.4 is 0 Å². The molecule has 0 spiro atoms. The Kier molecular flexibility index (Phi) is 4.24. The third kappa shape index (κ3) is 3.38. The molecule has 96 valence electrons. The number of hydrogen-bond acceptors (Lipinski definition) is 2. The second kappa shape index (κ2) is 6.10. The molecule has 0 saturated heterocycles. The van der Waals surface area contributed by atoms with Crippen molar-refractivity contribution in [3.05, 3.63) is 71.6 Å². The summed E-state index contributed by atoms with van der Waals surface area (Å²) < 4.78 is 0. The molecule has 2 aromatic rings. The first kappa shape index (κ1) is 13.2. The van der Waals surface area contributed by atoms with Gasteiger partial charge in [0.2, 0.25) is 0 Å². The van der Waals surface area contributed by atoms with Crippen LogP contribution in [0.15, 0.2) is 59.7 Å². The summed E-state index contributed by atoms with van der Waals surface area (Å²) in [5.74, 6) is 0. The summed E-state index contributed by atoms with van der Waals surface area (Å²) in [7, 11) is 1.80. The van der Waals surface area contributed by atoms with Crippen molar-refractivity contribution >= 4 is 11.3 Å². The highest BCUT2D eigenvalue weighted by Crippen LogP contribution is 2.14. The third-order valence-electron chi connectivity index (χ3n) is 3.00. The average molecular weight is 250 g/mol. The third-order valence-corrected chi connectivity index (χ3v) is 3.00. The van der Waals surface area contributed by atoms with Crippen molar-refractivity contribution in [3.63, 3.8) is 0 Å². The molecule has 0 aliphatic carbocycles. The van der Waals surface area contributed by atoms with E-state index in [1.807, 2.05) is 37.4 Å². The summed E-state index contributed by atoms with van der Waals surface area (Å²) in [5, 5.41) is 0. The lowest BCUT2D eigenvalue weighted by molar-refractivity contribution is 1.23. The number of aliphatic imine (C=N–C) groups is 1. The van der Waals surface area contributed by atoms with Gasteiger partial charge in [0.25, 0.3) is 0 Å². The lowest BCUT2D eigenvalue weighted by Crippen LogP contribution is -2.01. The number of pyridine rings is 1. The molecule has 0 atom stereocenters. The molecule has 0 saturated carbocycles. The summed E-state index contributed by atoms with van der Waals surface area (Å²) >= 11 is 0. The minimum Gasteiger partial charge on any atom is -0.286 e. The van der Waals surface area contributed by atoms with Gasteiger partial charge in [0.05, 0.1) is 11.4 Å². The quantitative estimate of drug-likeness (QED) is 0.758. The molecular formula is C17H18N2. The summed E-state index contributed by atoms with van der Waals surface area (Å²) in [5.41, 5.74) is 5.35. The lowest BCUT2D eigenvalue weighted by atomic mass is 10.0. The molecule has 0 N–H and O–H groups in total. The SMILES string of the molecule is CN=C(/C=C(\C)c1ccccc1)c1ccc(C)cn1. The molecule has 0 unspecified atom stereocenters. The Balaban J connectivity index is 2.32. The summed E-state index contributed by atoms with van der Waals surface area (Å²) in [6.07, 6.45) is 3.94. The normalized spacial score (nSPS) is 12.6. The molecule has 0 radical (unpaired) electrons. The van der Waals surface area contributed by atoms with E-state index in [1.165, 1.54) is 11.1 Å². The zero-order chi connectivity index (χ0) is 13.7. The fourth-order valence-electron chi connectivity index (χ4n) is 1.86. The Morgan fingerprint density at radius 1 is 1.11 bits per heavy atom. The zero-order valence-corrected chi connectivity index (χ0v) is 11.6. The number of allylic oxidation sites excluding steroid dienone is 2. The van der Waals surface area contributed by atoms with Crippen molar-refractivity contribution in [3.8, 4) is 0 Å². The molecule has 0 aliphatic heterocycles. The highest BCUT2D eigenvalue weighted by Gasteiger charge is 2.03. The monoisotopic (exact) mass is 250 g/mol. The van der Waals surface area contributed by atoms with E-state index in [-0.39, 0.29) is 0 Å². The Morgan fingerprint density at radius 2 is 1.84 bits per heavy atom. The van der Waals surface area contributed by atoms with E-state index >= 15 is 0 Å². The van der Waals surface area contributed by atoms with E-state index < -0.39 is 0 Å². The molecule has 0 bridgehead atoms. The van der Waals surface area contributed by atoms with Gasteiger partial charge in [-0.1, -0.05) is 36.4 Å². The topological polar surface area (TPSA) is 25.2 Å². The maximum atomic E-state index is 4.42. The van der Waals surface area contributed by atoms with E-state index in [2.05, 4.69) is 41.2 Å². The smallest absolute Gasteiger partial charge is 0.0881 e. The second-order valence-electron chi connectivity index (χ2n) is 4.52. The van der Waals surface area contributed by atoms with Crippen molar-refractivity contribution in [2.45, 2.75) is 13.8 Å². The molecule has 0 aliphatic rings. The first-order chi connectivity index (χ1) is 9.20. The molecule has 0 amide bonds. The predicted octanol–water partition coefficient (Wildman–Crippen LogP) is 3.91. The van der Waals surface area contributed by atoms with Gasteiger partial charge in [-0.15, -0.1) is 0 Å². The van der Waals surface area contributed by atoms with Crippen molar-refractivity contribution < 1.29 is 0 Å². The predicted molar refractivity (Wildman–Crippen MR) is 81.5 cm³/mol. The van der Waals surface area contributed by atoms with Crippen LogP contribution in [0, 0.1) is 6.92 Å². The number of aromatic nitrogens is 1. The first-order valence-electron chi connectivity index (χ1n) is 6.34. The van der Waals surface area contributed by atoms with Gasteiger partial charge in [-0.05, 0) is 42.7 Å². The molecule has 19 heavy (non-hydrogen) atoms. The van der Waals surface area contributed by atoms with Gasteiger partial charge in [-0.2, -0.15) is 0 Å². The highest BCUT2D eigenvalue weighted by molar-refractivity contribution is 6.10. The van der Waals surface area contributed by atoms with Crippen LogP contribution in [0.5, 0.6) is 0 Å². The molecule has 0 fully saturated rings. The fourth-order valence-corrected chi connectivity index (χ4v) is 1.86. The highest BCUT2D eigenvalue weighted by atomic mass is 14.8. The van der Waals surface area contributed by atoms with Crippen molar-refractivity contribution in [2.24, 2.45) is 4.99 Å². The fraction of sp³-hybridized carbons (Fsp3) is 0.176. The molecular weight excluding hydrogens is 232 g/mol. The second-order valence-corrected chi connectivity index (χ2v) is 4.52. The van der Waals surface area contributed by atoms with Gasteiger partial charge in [0, 0.05) is 13.2 Å². The molecule has 1 aromatic carbocycles. The zero-order valence-electron chi connectivity index (χ0n) is 11.6. The average Bonchev–Trinajstić information content (AvgIpc) is 2.46. The van der Waals surface area contributed by atoms with Crippen LogP contribution in [-0.4, -0.2) is 17.7 Å². The van der Waals surface area contributed by atoms with Gasteiger partial charge >= 0.3 is 0 Å². The van der Waals surface area contributed by atoms with E-state index in [4.69, 9.17) is 0 Å². The molecule has 1 aromatic heterocycles. The van der Waals surface area contributed by atoms with Gasteiger partial charge in [-0.25, -0.2) is 0 Å². The number of benzene rings is 1. The maximum Gasteiger partial charge on any atom is 0.0881 e. The minimum atomic E-state index is 0.904. The van der Waals surface area contributed by atoms with Gasteiger partial charge < -0.3 is 0 Å². The number of nitrogens with zero attached hydrogens (tertiary/aromatic N) is 2. The summed E-state index contributed by atoms with van der Waals surface area (Å²) in [4.78, 5) is 8.75. The molecule has 2 heteroatoms. The summed E-state index contributed by atoms with van der Waals surface area (Å²) in [6, 6.07) is 14.4. The molecule has 1 heterocycles. The molecule has 2 rings (SSSR count). The lowest BCUT2D eigenvalue weighted by Gasteiger charge is -2.04. The number of aryl methyl sites for hydroxylation is 1. The Bertz CT molecular complexity index is 593. The van der Waals surface area contributed by atoms with Crippen molar-refractivity contribution in [2.75, 3.05) is 7.05 Å². The van der Waals surface area contributed by atoms with E-state index in [1.54, 1.807) is 7.05 Å². The van der Waals surface area contributed by atoms with Gasteiger partial charge in [-0.3, -0.25) is 9.98 Å². The van der Waals surface area contributed by atoms with Crippen LogP contribution in [0.1, 0.15) is 23.7 Å². The number of rotatable bonds is 3. The summed E-state index contributed by atoms with van der Waals surface area (Å²) in [6.45, 7) is 4.12. The minimum absolute atomic E-state index is 0.904. The van der Waals surface area contributed by atoms with Crippen LogP contribution in [0.4, 0.5) is 0 Å². The van der Waals surface area contributed by atoms with Crippen molar-refractivity contribution in [1.29, 1.82) is 0 Å². The Morgan fingerprint density at radius 3 is 2.42 bits per heavy atom. The van der Waals surface area contributed by atoms with E-state index in [9.17, 15) is 0 Å². The first-order valence-corrected chi connectivity index (χ1v) is 6.34. The van der Waals surface area contributed by atoms with Gasteiger partial charge in [0.15, 0.2) is 0 Å². The maximum absolute atomic E-state index is 4.42. The van der Waals surface area contributed by atoms with Crippen LogP contribution in [-0.2, 0) is 0 Å². The van der Waals surface area contributed by atoms with Crippen LogP contribution in [0.25, 0.3) is 5.57 Å². The van der Waals surface area contributed by atoms with Crippen LogP contribution in [0.2, 0.25) is 0 Å². The standard InChI is InChI=1S/C17H18N2/c1-13-9-10-16(19-12-13)17(18-3)11-14(2)15-7-5-4-6-8-15/h4-12H,1-3H3/b14-11+,18-17?. The Hall–Kier alpha value is -2.22. The van der Waals surface area contributed by atoms with E-state index in [0.29, 0.717) is 0 Å².